The molecule has 0 spiro atoms. The second-order valence-corrected chi connectivity index (χ2v) is 8.48. The monoisotopic (exact) mass is 394 g/mol. The molecule has 11 heteroatoms. The van der Waals surface area contributed by atoms with Gasteiger partial charge < -0.3 is 8.98 Å². The largest absolute Gasteiger partial charge is 0.469 e. The molecule has 2 aromatic heterocycles. The van der Waals surface area contributed by atoms with Crippen LogP contribution in [0.15, 0.2) is 49.9 Å². The summed E-state index contributed by atoms with van der Waals surface area (Å²) in [4.78, 5) is 10.6. The Morgan fingerprint density at radius 2 is 2.00 bits per heavy atom. The Bertz CT molecular complexity index is 1100. The number of furan rings is 1. The molecule has 0 fully saturated rings. The average molecular weight is 394 g/mol. The van der Waals surface area contributed by atoms with Gasteiger partial charge in [-0.3, -0.25) is 10.1 Å². The van der Waals surface area contributed by atoms with Crippen molar-refractivity contribution in [3.63, 3.8) is 0 Å². The third-order valence-electron chi connectivity index (χ3n) is 3.68. The molecule has 0 bridgehead atoms. The summed E-state index contributed by atoms with van der Waals surface area (Å²) in [6, 6.07) is 5.91. The van der Waals surface area contributed by atoms with E-state index in [0.29, 0.717) is 16.7 Å². The molecule has 0 radical (unpaired) electrons. The first-order chi connectivity index (χ1) is 12.2. The molecule has 0 atom stereocenters. The maximum Gasteiger partial charge on any atom is 0.301 e. The molecule has 3 rings (SSSR count). The Morgan fingerprint density at radius 1 is 1.27 bits per heavy atom. The first-order valence-corrected chi connectivity index (χ1v) is 10.00. The van der Waals surface area contributed by atoms with Crippen LogP contribution in [0, 0.1) is 17.0 Å². The number of rotatable bonds is 5. The molecule has 136 valence electrons. The third-order valence-corrected chi connectivity index (χ3v) is 5.90. The van der Waals surface area contributed by atoms with Gasteiger partial charge in [-0.05, 0) is 36.9 Å². The SMILES string of the molecule is Cc1occc1-c1nnc(Sc2cccc(S(C)(=O)=O)c2[N+](=O)[O-])n1C. The molecular weight excluding hydrogens is 380 g/mol. The second kappa shape index (κ2) is 6.57. The lowest BCUT2D eigenvalue weighted by Crippen LogP contribution is -2.04. The highest BCUT2D eigenvalue weighted by Crippen LogP contribution is 2.38. The van der Waals surface area contributed by atoms with E-state index in [1.54, 1.807) is 24.6 Å². The molecule has 26 heavy (non-hydrogen) atoms. The minimum Gasteiger partial charge on any atom is -0.469 e. The van der Waals surface area contributed by atoms with Crippen molar-refractivity contribution in [3.05, 3.63) is 46.4 Å². The summed E-state index contributed by atoms with van der Waals surface area (Å²) in [5, 5.41) is 20.0. The molecule has 0 amide bonds. The number of nitro benzene ring substituents is 1. The third kappa shape index (κ3) is 3.22. The van der Waals surface area contributed by atoms with Gasteiger partial charge in [0.1, 0.15) is 10.7 Å². The highest BCUT2D eigenvalue weighted by Gasteiger charge is 2.27. The number of nitro groups is 1. The fourth-order valence-corrected chi connectivity index (χ4v) is 4.27. The van der Waals surface area contributed by atoms with Crippen LogP contribution in [0.4, 0.5) is 5.69 Å². The fourth-order valence-electron chi connectivity index (χ4n) is 2.42. The van der Waals surface area contributed by atoms with Crippen LogP contribution in [0.5, 0.6) is 0 Å². The van der Waals surface area contributed by atoms with Crippen molar-refractivity contribution in [2.24, 2.45) is 7.05 Å². The smallest absolute Gasteiger partial charge is 0.301 e. The van der Waals surface area contributed by atoms with Crippen LogP contribution in [0.2, 0.25) is 0 Å². The summed E-state index contributed by atoms with van der Waals surface area (Å²) in [6.07, 6.45) is 2.47. The summed E-state index contributed by atoms with van der Waals surface area (Å²) in [6.45, 7) is 1.79. The number of hydrogen-bond donors (Lipinski definition) is 0. The van der Waals surface area contributed by atoms with Crippen LogP contribution in [0.3, 0.4) is 0 Å². The number of aryl methyl sites for hydroxylation is 1. The number of hydrogen-bond acceptors (Lipinski definition) is 8. The van der Waals surface area contributed by atoms with Crippen LogP contribution >= 0.6 is 11.8 Å². The van der Waals surface area contributed by atoms with E-state index in [0.717, 1.165) is 23.6 Å². The summed E-state index contributed by atoms with van der Waals surface area (Å²) in [5.41, 5.74) is 0.287. The van der Waals surface area contributed by atoms with E-state index in [2.05, 4.69) is 10.2 Å². The van der Waals surface area contributed by atoms with Gasteiger partial charge >= 0.3 is 5.69 Å². The summed E-state index contributed by atoms with van der Waals surface area (Å²) < 4.78 is 30.7. The van der Waals surface area contributed by atoms with E-state index in [4.69, 9.17) is 4.42 Å². The fraction of sp³-hybridized carbons (Fsp3) is 0.200. The number of para-hydroxylation sites is 1. The van der Waals surface area contributed by atoms with Gasteiger partial charge in [-0.25, -0.2) is 8.42 Å². The standard InChI is InChI=1S/C15H14N4O5S2/c1-9-10(7-8-24-9)14-16-17-15(18(14)2)25-11-5-4-6-12(26(3,22)23)13(11)19(20)21/h4-8H,1-3H3. The average Bonchev–Trinajstić information content (AvgIpc) is 3.12. The highest BCUT2D eigenvalue weighted by molar-refractivity contribution is 7.99. The normalized spacial score (nSPS) is 11.7. The van der Waals surface area contributed by atoms with Crippen molar-refractivity contribution in [3.8, 4) is 11.4 Å². The van der Waals surface area contributed by atoms with E-state index >= 15 is 0 Å². The molecular formula is C15H14N4O5S2. The Balaban J connectivity index is 2.07. The Hall–Kier alpha value is -2.66. The zero-order valence-corrected chi connectivity index (χ0v) is 15.7. The summed E-state index contributed by atoms with van der Waals surface area (Å²) in [7, 11) is -2.03. The Kier molecular flexibility index (Phi) is 4.59. The Labute approximate surface area is 153 Å². The molecule has 2 heterocycles. The zero-order valence-electron chi connectivity index (χ0n) is 14.0. The number of aromatic nitrogens is 3. The van der Waals surface area contributed by atoms with Gasteiger partial charge in [-0.1, -0.05) is 6.07 Å². The number of sulfone groups is 1. The molecule has 0 aliphatic rings. The highest BCUT2D eigenvalue weighted by atomic mass is 32.2. The van der Waals surface area contributed by atoms with Crippen LogP contribution in [0.1, 0.15) is 5.76 Å². The van der Waals surface area contributed by atoms with Crippen molar-refractivity contribution in [1.29, 1.82) is 0 Å². The van der Waals surface area contributed by atoms with E-state index in [1.807, 2.05) is 0 Å². The molecule has 0 aliphatic carbocycles. The van der Waals surface area contributed by atoms with Crippen molar-refractivity contribution in [2.45, 2.75) is 21.9 Å². The van der Waals surface area contributed by atoms with Crippen molar-refractivity contribution < 1.29 is 17.8 Å². The zero-order chi connectivity index (χ0) is 19.1. The maximum atomic E-state index is 11.9. The van der Waals surface area contributed by atoms with Gasteiger partial charge in [0.25, 0.3) is 0 Å². The molecule has 0 saturated carbocycles. The molecule has 9 nitrogen and oxygen atoms in total. The Morgan fingerprint density at radius 3 is 2.58 bits per heavy atom. The van der Waals surface area contributed by atoms with Crippen molar-refractivity contribution in [2.75, 3.05) is 6.26 Å². The van der Waals surface area contributed by atoms with E-state index in [9.17, 15) is 18.5 Å². The van der Waals surface area contributed by atoms with E-state index in [-0.39, 0.29) is 9.79 Å². The van der Waals surface area contributed by atoms with E-state index in [1.165, 1.54) is 24.5 Å². The summed E-state index contributed by atoms with van der Waals surface area (Å²) >= 11 is 0.976. The predicted molar refractivity (Wildman–Crippen MR) is 93.8 cm³/mol. The van der Waals surface area contributed by atoms with Crippen LogP contribution in [0.25, 0.3) is 11.4 Å². The van der Waals surface area contributed by atoms with Crippen LogP contribution in [-0.2, 0) is 16.9 Å². The van der Waals surface area contributed by atoms with Crippen molar-refractivity contribution in [1.82, 2.24) is 14.8 Å². The van der Waals surface area contributed by atoms with Gasteiger partial charge in [0.2, 0.25) is 0 Å². The van der Waals surface area contributed by atoms with Gasteiger partial charge in [-0.2, -0.15) is 0 Å². The van der Waals surface area contributed by atoms with Gasteiger partial charge in [0.05, 0.1) is 21.6 Å². The quantitative estimate of drug-likeness (QED) is 0.478. The minimum absolute atomic E-state index is 0.170. The number of benzene rings is 1. The lowest BCUT2D eigenvalue weighted by atomic mass is 10.2. The first-order valence-electron chi connectivity index (χ1n) is 7.29. The van der Waals surface area contributed by atoms with E-state index < -0.39 is 20.4 Å². The first kappa shape index (κ1) is 18.1. The lowest BCUT2D eigenvalue weighted by Gasteiger charge is -2.06. The van der Waals surface area contributed by atoms with Gasteiger partial charge in [-0.15, -0.1) is 10.2 Å². The molecule has 0 N–H and O–H groups in total. The molecule has 3 aromatic rings. The molecule has 0 unspecified atom stereocenters. The summed E-state index contributed by atoms with van der Waals surface area (Å²) in [5.74, 6) is 1.21. The van der Waals surface area contributed by atoms with Crippen LogP contribution < -0.4 is 0 Å². The number of nitrogens with zero attached hydrogens (tertiary/aromatic N) is 4. The lowest BCUT2D eigenvalue weighted by molar-refractivity contribution is -0.390. The maximum absolute atomic E-state index is 11.9. The topological polar surface area (TPSA) is 121 Å². The van der Waals surface area contributed by atoms with Gasteiger partial charge in [0, 0.05) is 13.3 Å². The van der Waals surface area contributed by atoms with Crippen LogP contribution in [-0.4, -0.2) is 34.4 Å². The van der Waals surface area contributed by atoms with Gasteiger partial charge in [0.15, 0.2) is 20.8 Å². The minimum atomic E-state index is -3.75. The second-order valence-electron chi connectivity index (χ2n) is 5.49. The molecule has 1 aromatic carbocycles. The van der Waals surface area contributed by atoms with Crippen molar-refractivity contribution >= 4 is 27.3 Å². The molecule has 0 aliphatic heterocycles. The predicted octanol–water partition coefficient (Wildman–Crippen LogP) is 2.85. The molecule has 0 saturated heterocycles.